The molecule has 0 bridgehead atoms. The summed E-state index contributed by atoms with van der Waals surface area (Å²) in [6.07, 6.45) is 0. The highest BCUT2D eigenvalue weighted by Gasteiger charge is 2.49. The zero-order valence-corrected chi connectivity index (χ0v) is 61.1. The third-order valence-electron chi connectivity index (χ3n) is 21.7. The van der Waals surface area contributed by atoms with Crippen molar-refractivity contribution in [3.63, 3.8) is 0 Å². The first-order valence-electron chi connectivity index (χ1n) is 35.3. The van der Waals surface area contributed by atoms with Crippen molar-refractivity contribution in [2.75, 3.05) is 14.6 Å². The van der Waals surface area contributed by atoms with E-state index in [4.69, 9.17) is 0 Å². The van der Waals surface area contributed by atoms with Gasteiger partial charge in [-0.25, -0.2) is 0 Å². The molecule has 1 aliphatic carbocycles. The maximum atomic E-state index is 2.77. The quantitative estimate of drug-likeness (QED) is 0.140. The van der Waals surface area contributed by atoms with Gasteiger partial charge in [-0.2, -0.15) is 0 Å². The maximum absolute atomic E-state index is 2.77. The SMILES string of the molecule is CC(C)(C)c1ccc(N2B3c4cc5sc(-c6ccccc6)c(-c6ccccc6)c5cc4N(c4ccc(C(C)(C)C)cc4-c4ccccc4)c4c3c(cc3c4sc4ccccc43)-c3cc4c(cc32)C(C)(C)c2cc(N(c3ccc(C(C)(C)C)cc3)c3ccc(C(C)(C)C)cc3)ccc2-4)cc1. The van der Waals surface area contributed by atoms with Gasteiger partial charge in [-0.3, -0.25) is 0 Å². The van der Waals surface area contributed by atoms with E-state index >= 15 is 0 Å². The minimum absolute atomic E-state index is 0.0256. The topological polar surface area (TPSA) is 9.72 Å². The predicted molar refractivity (Wildman–Crippen MR) is 432 cm³/mol. The van der Waals surface area contributed by atoms with Crippen molar-refractivity contribution in [1.82, 2.24) is 0 Å². The first kappa shape index (κ1) is 62.8. The van der Waals surface area contributed by atoms with Crippen LogP contribution in [0.3, 0.4) is 0 Å². The number of nitrogens with zero attached hydrogens (tertiary/aromatic N) is 3. The summed E-state index contributed by atoms with van der Waals surface area (Å²) in [6, 6.07) is 98.6. The van der Waals surface area contributed by atoms with Crippen molar-refractivity contribution in [3.8, 4) is 54.9 Å². The van der Waals surface area contributed by atoms with Crippen LogP contribution in [0.1, 0.15) is 130 Å². The minimum Gasteiger partial charge on any atom is -0.376 e. The molecule has 2 aromatic heterocycles. The van der Waals surface area contributed by atoms with E-state index in [1.54, 1.807) is 0 Å². The molecule has 0 amide bonds. The van der Waals surface area contributed by atoms with Crippen LogP contribution < -0.4 is 25.5 Å². The third kappa shape index (κ3) is 10.2. The molecular weight excluding hydrogens is 1230 g/mol. The van der Waals surface area contributed by atoms with Gasteiger partial charge in [0.05, 0.1) is 16.1 Å². The Bertz CT molecular complexity index is 5480. The highest BCUT2D eigenvalue weighted by molar-refractivity contribution is 7.26. The van der Waals surface area contributed by atoms with Crippen LogP contribution in [0.15, 0.2) is 255 Å². The van der Waals surface area contributed by atoms with Crippen LogP contribution in [-0.4, -0.2) is 6.85 Å². The van der Waals surface area contributed by atoms with Crippen LogP contribution >= 0.6 is 22.7 Å². The molecule has 0 fully saturated rings. The van der Waals surface area contributed by atoms with Gasteiger partial charge < -0.3 is 14.6 Å². The van der Waals surface area contributed by atoms with Crippen LogP contribution in [0.5, 0.6) is 0 Å². The van der Waals surface area contributed by atoms with Gasteiger partial charge in [0, 0.05) is 86.7 Å². The Morgan fingerprint density at radius 2 is 0.899 bits per heavy atom. The number of rotatable bonds is 8. The highest BCUT2D eigenvalue weighted by Crippen LogP contribution is 2.59. The summed E-state index contributed by atoms with van der Waals surface area (Å²) in [7, 11) is 0. The van der Waals surface area contributed by atoms with Crippen molar-refractivity contribution in [3.05, 3.63) is 288 Å². The summed E-state index contributed by atoms with van der Waals surface area (Å²) in [5, 5.41) is 3.82. The van der Waals surface area contributed by atoms with Crippen molar-refractivity contribution in [1.29, 1.82) is 0 Å². The normalized spacial score (nSPS) is 14.0. The second-order valence-corrected chi connectivity index (χ2v) is 34.7. The molecule has 17 rings (SSSR count). The summed E-state index contributed by atoms with van der Waals surface area (Å²) < 4.78 is 3.84. The second-order valence-electron chi connectivity index (χ2n) is 32.6. The van der Waals surface area contributed by atoms with Crippen LogP contribution in [0.2, 0.25) is 0 Å². The Morgan fingerprint density at radius 3 is 1.51 bits per heavy atom. The smallest absolute Gasteiger partial charge is 0.333 e. The number of thiophene rings is 2. The van der Waals surface area contributed by atoms with Crippen LogP contribution in [-0.2, 0) is 27.1 Å². The molecule has 3 nitrogen and oxygen atoms in total. The van der Waals surface area contributed by atoms with Crippen LogP contribution in [0, 0.1) is 0 Å². The number of anilines is 8. The molecule has 14 aromatic rings. The minimum atomic E-state index is -0.382. The van der Waals surface area contributed by atoms with Crippen molar-refractivity contribution in [2.45, 2.75) is 124 Å². The molecule has 2 aliphatic heterocycles. The zero-order chi connectivity index (χ0) is 68.4. The summed E-state index contributed by atoms with van der Waals surface area (Å²) in [4.78, 5) is 9.26. The Labute approximate surface area is 593 Å². The molecular formula is C93H84BN3S2. The van der Waals surface area contributed by atoms with Gasteiger partial charge >= 0.3 is 6.85 Å². The molecule has 4 heterocycles. The Kier molecular flexibility index (Phi) is 14.4. The van der Waals surface area contributed by atoms with Crippen molar-refractivity contribution < 1.29 is 0 Å². The lowest BCUT2D eigenvalue weighted by Gasteiger charge is -2.46. The van der Waals surface area contributed by atoms with Gasteiger partial charge in [0.25, 0.3) is 0 Å². The Hall–Kier alpha value is -9.72. The summed E-state index contributed by atoms with van der Waals surface area (Å²) in [5.74, 6) is 0. The number of benzene rings is 12. The molecule has 0 atom stereocenters. The average Bonchev–Trinajstić information content (AvgIpc) is 1.67. The molecule has 0 radical (unpaired) electrons. The zero-order valence-electron chi connectivity index (χ0n) is 59.5. The van der Waals surface area contributed by atoms with E-state index in [9.17, 15) is 0 Å². The monoisotopic (exact) mass is 1320 g/mol. The molecule has 6 heteroatoms. The van der Waals surface area contributed by atoms with E-state index in [1.807, 2.05) is 22.7 Å². The summed E-state index contributed by atoms with van der Waals surface area (Å²) in [5.41, 5.74) is 30.7. The fourth-order valence-electron chi connectivity index (χ4n) is 16.2. The summed E-state index contributed by atoms with van der Waals surface area (Å²) in [6.45, 7) is 32.5. The molecule has 0 saturated heterocycles. The summed E-state index contributed by atoms with van der Waals surface area (Å²) >= 11 is 3.87. The third-order valence-corrected chi connectivity index (χ3v) is 24.1. The van der Waals surface area contributed by atoms with Crippen molar-refractivity contribution in [2.24, 2.45) is 0 Å². The van der Waals surface area contributed by atoms with Gasteiger partial charge in [0.15, 0.2) is 0 Å². The van der Waals surface area contributed by atoms with E-state index in [-0.39, 0.29) is 33.9 Å². The average molecular weight is 1320 g/mol. The van der Waals surface area contributed by atoms with E-state index in [1.165, 1.54) is 152 Å². The van der Waals surface area contributed by atoms with Gasteiger partial charge in [-0.1, -0.05) is 255 Å². The highest BCUT2D eigenvalue weighted by atomic mass is 32.1. The predicted octanol–water partition coefficient (Wildman–Crippen LogP) is 25.9. The standard InChI is InChI=1S/C93H84BN3S2/c1-89(2,3)60-34-41-64(42-35-60)95(65-43-36-61(37-44-65)90(4,5)6)67-47-48-68-71-52-72-73-53-74-69-32-24-25-33-82(69)98-88(74)86-85(73)94(97(66-45-38-62(39-46-66)91(7,8)9)80(72)55-77(71)93(13,14)76(68)51-67)78-56-83-75(84(58-28-20-16-21-29-58)87(99-83)59-30-22-17-23-31-59)54-81(78)96(86)79-49-40-63(92(10,11)12)50-70(79)57-26-18-15-19-27-57/h15-56H,1-14H3. The van der Waals surface area contributed by atoms with Crippen molar-refractivity contribution >= 4 is 116 Å². The molecule has 3 aliphatic rings. The van der Waals surface area contributed by atoms with E-state index in [0.717, 1.165) is 22.7 Å². The maximum Gasteiger partial charge on any atom is 0.333 e. The first-order chi connectivity index (χ1) is 47.4. The first-order valence-corrected chi connectivity index (χ1v) is 37.0. The van der Waals surface area contributed by atoms with Crippen LogP contribution in [0.25, 0.3) is 85.2 Å². The van der Waals surface area contributed by atoms with Gasteiger partial charge in [0.1, 0.15) is 0 Å². The second kappa shape index (κ2) is 22.7. The fraction of sp³-hybridized carbons (Fsp3) is 0.204. The van der Waals surface area contributed by atoms with Gasteiger partial charge in [-0.05, 0) is 196 Å². The van der Waals surface area contributed by atoms with E-state index in [2.05, 4.69) is 366 Å². The fourth-order valence-corrected chi connectivity index (χ4v) is 18.7. The van der Waals surface area contributed by atoms with E-state index in [0.29, 0.717) is 0 Å². The van der Waals surface area contributed by atoms with Gasteiger partial charge in [-0.15, -0.1) is 22.7 Å². The van der Waals surface area contributed by atoms with E-state index < -0.39 is 0 Å². The molecule has 99 heavy (non-hydrogen) atoms. The van der Waals surface area contributed by atoms with Gasteiger partial charge in [0.2, 0.25) is 0 Å². The van der Waals surface area contributed by atoms with Crippen LogP contribution in [0.4, 0.5) is 45.5 Å². The molecule has 12 aromatic carbocycles. The molecule has 486 valence electrons. The molecule has 0 N–H and O–H groups in total. The Balaban J connectivity index is 0.975. The number of hydrogen-bond donors (Lipinski definition) is 0. The lowest BCUT2D eigenvalue weighted by Crippen LogP contribution is -2.61. The Morgan fingerprint density at radius 1 is 0.364 bits per heavy atom. The molecule has 0 saturated carbocycles. The largest absolute Gasteiger partial charge is 0.376 e. The number of fused-ring (bicyclic) bond motifs is 12. The number of hydrogen-bond acceptors (Lipinski definition) is 5. The molecule has 0 spiro atoms. The molecule has 0 unspecified atom stereocenters. The lowest BCUT2D eigenvalue weighted by molar-refractivity contribution is 0.590. The lowest BCUT2D eigenvalue weighted by atomic mass is 9.43.